The molecule has 0 radical (unpaired) electrons. The molecule has 134 valence electrons. The van der Waals surface area contributed by atoms with E-state index in [2.05, 4.69) is 5.32 Å². The number of hydrogen-bond donors (Lipinski definition) is 1. The Kier molecular flexibility index (Phi) is 7.14. The van der Waals surface area contributed by atoms with Crippen LogP contribution in [0.3, 0.4) is 0 Å². The number of hydrogen-bond acceptors (Lipinski definition) is 4. The fraction of sp³-hybridized carbons (Fsp3) is 0.350. The molecular formula is C20H25NO4. The monoisotopic (exact) mass is 343 g/mol. The first-order chi connectivity index (χ1) is 12.2. The Morgan fingerprint density at radius 2 is 1.48 bits per heavy atom. The summed E-state index contributed by atoms with van der Waals surface area (Å²) in [4.78, 5) is 12.2. The summed E-state index contributed by atoms with van der Waals surface area (Å²) >= 11 is 0. The SMILES string of the molecule is CCOc1ccc(OCC(=O)NC(CC)c2ccc(OC)cc2)cc1. The number of amides is 1. The zero-order valence-electron chi connectivity index (χ0n) is 15.0. The van der Waals surface area contributed by atoms with Crippen LogP contribution in [-0.2, 0) is 4.79 Å². The van der Waals surface area contributed by atoms with Gasteiger partial charge >= 0.3 is 0 Å². The predicted octanol–water partition coefficient (Wildman–Crippen LogP) is 3.74. The highest BCUT2D eigenvalue weighted by atomic mass is 16.5. The van der Waals surface area contributed by atoms with Crippen molar-refractivity contribution < 1.29 is 19.0 Å². The fourth-order valence-electron chi connectivity index (χ4n) is 2.44. The van der Waals surface area contributed by atoms with E-state index in [-0.39, 0.29) is 18.6 Å². The summed E-state index contributed by atoms with van der Waals surface area (Å²) in [7, 11) is 1.63. The molecule has 5 nitrogen and oxygen atoms in total. The summed E-state index contributed by atoms with van der Waals surface area (Å²) < 4.78 is 16.1. The predicted molar refractivity (Wildman–Crippen MR) is 97.3 cm³/mol. The van der Waals surface area contributed by atoms with Crippen LogP contribution in [0.5, 0.6) is 17.2 Å². The van der Waals surface area contributed by atoms with Crippen LogP contribution in [0.15, 0.2) is 48.5 Å². The Labute approximate surface area is 148 Å². The Hall–Kier alpha value is -2.69. The third kappa shape index (κ3) is 5.71. The number of rotatable bonds is 9. The largest absolute Gasteiger partial charge is 0.497 e. The van der Waals surface area contributed by atoms with Gasteiger partial charge in [-0.1, -0.05) is 19.1 Å². The van der Waals surface area contributed by atoms with Gasteiger partial charge in [0.15, 0.2) is 6.61 Å². The molecule has 0 saturated heterocycles. The molecule has 0 bridgehead atoms. The number of methoxy groups -OCH3 is 1. The highest BCUT2D eigenvalue weighted by Crippen LogP contribution is 2.20. The van der Waals surface area contributed by atoms with Crippen LogP contribution < -0.4 is 19.5 Å². The van der Waals surface area contributed by atoms with E-state index >= 15 is 0 Å². The van der Waals surface area contributed by atoms with Crippen molar-refractivity contribution in [3.8, 4) is 17.2 Å². The molecule has 5 heteroatoms. The van der Waals surface area contributed by atoms with Crippen LogP contribution in [-0.4, -0.2) is 26.2 Å². The molecule has 25 heavy (non-hydrogen) atoms. The third-order valence-corrected chi connectivity index (χ3v) is 3.77. The van der Waals surface area contributed by atoms with Crippen molar-refractivity contribution in [2.75, 3.05) is 20.3 Å². The van der Waals surface area contributed by atoms with E-state index in [4.69, 9.17) is 14.2 Å². The molecule has 2 aromatic carbocycles. The molecule has 0 heterocycles. The van der Waals surface area contributed by atoms with E-state index < -0.39 is 0 Å². The molecule has 0 saturated carbocycles. The first-order valence-electron chi connectivity index (χ1n) is 8.45. The Morgan fingerprint density at radius 3 is 2.00 bits per heavy atom. The molecule has 2 aromatic rings. The molecular weight excluding hydrogens is 318 g/mol. The summed E-state index contributed by atoms with van der Waals surface area (Å²) in [5, 5.41) is 2.99. The quantitative estimate of drug-likeness (QED) is 0.753. The first kappa shape index (κ1) is 18.6. The third-order valence-electron chi connectivity index (χ3n) is 3.77. The maximum atomic E-state index is 12.2. The molecule has 0 aliphatic rings. The number of carbonyl (C=O) groups excluding carboxylic acids is 1. The van der Waals surface area contributed by atoms with Gasteiger partial charge in [-0.15, -0.1) is 0 Å². The lowest BCUT2D eigenvalue weighted by Crippen LogP contribution is -2.32. The van der Waals surface area contributed by atoms with Crippen LogP contribution in [0.4, 0.5) is 0 Å². The van der Waals surface area contributed by atoms with Crippen LogP contribution in [0.2, 0.25) is 0 Å². The second-order valence-corrected chi connectivity index (χ2v) is 5.49. The lowest BCUT2D eigenvalue weighted by molar-refractivity contribution is -0.123. The highest BCUT2D eigenvalue weighted by molar-refractivity contribution is 5.78. The molecule has 1 atom stereocenters. The van der Waals surface area contributed by atoms with E-state index in [9.17, 15) is 4.79 Å². The fourth-order valence-corrected chi connectivity index (χ4v) is 2.44. The van der Waals surface area contributed by atoms with Crippen LogP contribution in [0.1, 0.15) is 31.9 Å². The minimum Gasteiger partial charge on any atom is -0.497 e. The van der Waals surface area contributed by atoms with E-state index in [1.54, 1.807) is 19.2 Å². The second-order valence-electron chi connectivity index (χ2n) is 5.49. The van der Waals surface area contributed by atoms with Crippen LogP contribution in [0, 0.1) is 0 Å². The van der Waals surface area contributed by atoms with Crippen molar-refractivity contribution >= 4 is 5.91 Å². The van der Waals surface area contributed by atoms with Gasteiger partial charge in [0.05, 0.1) is 19.8 Å². The summed E-state index contributed by atoms with van der Waals surface area (Å²) in [6.45, 7) is 4.55. The van der Waals surface area contributed by atoms with Crippen molar-refractivity contribution in [2.24, 2.45) is 0 Å². The topological polar surface area (TPSA) is 56.8 Å². The van der Waals surface area contributed by atoms with Gasteiger partial charge in [-0.3, -0.25) is 4.79 Å². The van der Waals surface area contributed by atoms with Gasteiger partial charge < -0.3 is 19.5 Å². The number of ether oxygens (including phenoxy) is 3. The normalized spacial score (nSPS) is 11.5. The van der Waals surface area contributed by atoms with Gasteiger partial charge in [-0.2, -0.15) is 0 Å². The number of carbonyl (C=O) groups is 1. The summed E-state index contributed by atoms with van der Waals surface area (Å²) in [6, 6.07) is 14.9. The van der Waals surface area contributed by atoms with E-state index in [0.29, 0.717) is 12.4 Å². The van der Waals surface area contributed by atoms with Gasteiger partial charge in [0, 0.05) is 0 Å². The van der Waals surface area contributed by atoms with Gasteiger partial charge in [0.2, 0.25) is 0 Å². The minimum atomic E-state index is -0.156. The molecule has 2 rings (SSSR count). The molecule has 1 amide bonds. The lowest BCUT2D eigenvalue weighted by Gasteiger charge is -2.18. The average molecular weight is 343 g/mol. The molecule has 1 N–H and O–H groups in total. The Bertz CT molecular complexity index is 652. The minimum absolute atomic E-state index is 0.0271. The zero-order valence-corrected chi connectivity index (χ0v) is 15.0. The van der Waals surface area contributed by atoms with Gasteiger partial charge in [-0.25, -0.2) is 0 Å². The smallest absolute Gasteiger partial charge is 0.258 e. The molecule has 0 aliphatic carbocycles. The zero-order chi connectivity index (χ0) is 18.1. The average Bonchev–Trinajstić information content (AvgIpc) is 2.66. The second kappa shape index (κ2) is 9.57. The molecule has 1 unspecified atom stereocenters. The van der Waals surface area contributed by atoms with Crippen molar-refractivity contribution in [1.82, 2.24) is 5.32 Å². The van der Waals surface area contributed by atoms with Crippen LogP contribution >= 0.6 is 0 Å². The van der Waals surface area contributed by atoms with E-state index in [0.717, 1.165) is 23.5 Å². The van der Waals surface area contributed by atoms with Gasteiger partial charge in [0.1, 0.15) is 17.2 Å². The maximum Gasteiger partial charge on any atom is 0.258 e. The molecule has 0 fully saturated rings. The lowest BCUT2D eigenvalue weighted by atomic mass is 10.0. The van der Waals surface area contributed by atoms with Crippen molar-refractivity contribution in [1.29, 1.82) is 0 Å². The van der Waals surface area contributed by atoms with Crippen LogP contribution in [0.25, 0.3) is 0 Å². The summed E-state index contributed by atoms with van der Waals surface area (Å²) in [5.74, 6) is 2.06. The Morgan fingerprint density at radius 1 is 0.920 bits per heavy atom. The molecule has 0 aliphatic heterocycles. The van der Waals surface area contributed by atoms with Crippen molar-refractivity contribution in [3.63, 3.8) is 0 Å². The van der Waals surface area contributed by atoms with Gasteiger partial charge in [0.25, 0.3) is 5.91 Å². The summed E-state index contributed by atoms with van der Waals surface area (Å²) in [6.07, 6.45) is 0.793. The highest BCUT2D eigenvalue weighted by Gasteiger charge is 2.13. The van der Waals surface area contributed by atoms with E-state index in [1.165, 1.54) is 0 Å². The molecule has 0 spiro atoms. The maximum absolute atomic E-state index is 12.2. The van der Waals surface area contributed by atoms with E-state index in [1.807, 2.05) is 50.2 Å². The molecule has 0 aromatic heterocycles. The number of nitrogens with one attached hydrogen (secondary N) is 1. The standard InChI is InChI=1S/C20H25NO4/c1-4-19(15-6-8-16(23-3)9-7-15)21-20(22)14-25-18-12-10-17(11-13-18)24-5-2/h6-13,19H,4-5,14H2,1-3H3,(H,21,22). The van der Waals surface area contributed by atoms with Gasteiger partial charge in [-0.05, 0) is 55.3 Å². The summed E-state index contributed by atoms with van der Waals surface area (Å²) in [5.41, 5.74) is 1.04. The first-order valence-corrected chi connectivity index (χ1v) is 8.45. The van der Waals surface area contributed by atoms with Crippen molar-refractivity contribution in [2.45, 2.75) is 26.3 Å². The number of benzene rings is 2. The Balaban J connectivity index is 1.86. The van der Waals surface area contributed by atoms with Crippen molar-refractivity contribution in [3.05, 3.63) is 54.1 Å².